The molecule has 0 radical (unpaired) electrons. The first-order valence-electron chi connectivity index (χ1n) is 8.76. The summed E-state index contributed by atoms with van der Waals surface area (Å²) in [5.41, 5.74) is 2.37. The summed E-state index contributed by atoms with van der Waals surface area (Å²) >= 11 is 0. The molecule has 1 aromatic carbocycles. The van der Waals surface area contributed by atoms with Crippen LogP contribution in [-0.2, 0) is 4.79 Å². The molecule has 5 heteroatoms. The first kappa shape index (κ1) is 20.8. The van der Waals surface area contributed by atoms with E-state index >= 15 is 0 Å². The number of benzene rings is 1. The van der Waals surface area contributed by atoms with Crippen molar-refractivity contribution in [1.29, 1.82) is 0 Å². The van der Waals surface area contributed by atoms with E-state index in [1.54, 1.807) is 0 Å². The zero-order valence-electron chi connectivity index (χ0n) is 15.1. The third-order valence-corrected chi connectivity index (χ3v) is 4.53. The van der Waals surface area contributed by atoms with Gasteiger partial charge in [-0.15, -0.1) is 12.4 Å². The predicted molar refractivity (Wildman–Crippen MR) is 101 cm³/mol. The van der Waals surface area contributed by atoms with Gasteiger partial charge in [0.25, 0.3) is 0 Å². The maximum atomic E-state index is 12.0. The fourth-order valence-electron chi connectivity index (χ4n) is 2.94. The van der Waals surface area contributed by atoms with Gasteiger partial charge in [0.2, 0.25) is 5.91 Å². The van der Waals surface area contributed by atoms with E-state index < -0.39 is 0 Å². The Hall–Kier alpha value is -1.26. The molecule has 0 aliphatic carbocycles. The molecule has 1 fully saturated rings. The second kappa shape index (κ2) is 10.6. The molecule has 0 aromatic heterocycles. The van der Waals surface area contributed by atoms with Gasteiger partial charge in [-0.25, -0.2) is 0 Å². The lowest BCUT2D eigenvalue weighted by atomic mass is 9.95. The number of halogens is 1. The van der Waals surface area contributed by atoms with Crippen LogP contribution in [0, 0.1) is 19.8 Å². The van der Waals surface area contributed by atoms with Gasteiger partial charge in [0.1, 0.15) is 5.75 Å². The molecule has 24 heavy (non-hydrogen) atoms. The van der Waals surface area contributed by atoms with Crippen LogP contribution in [0.25, 0.3) is 0 Å². The molecular weight excluding hydrogens is 324 g/mol. The monoisotopic (exact) mass is 354 g/mol. The number of carbonyl (C=O) groups excluding carboxylic acids is 1. The van der Waals surface area contributed by atoms with Crippen LogP contribution in [0.1, 0.15) is 43.7 Å². The minimum absolute atomic E-state index is 0. The Morgan fingerprint density at radius 1 is 1.33 bits per heavy atom. The molecule has 1 amide bonds. The molecule has 2 unspecified atom stereocenters. The Morgan fingerprint density at radius 2 is 2.12 bits per heavy atom. The molecule has 0 spiro atoms. The molecule has 1 heterocycles. The summed E-state index contributed by atoms with van der Waals surface area (Å²) < 4.78 is 5.83. The average Bonchev–Trinajstić information content (AvgIpc) is 2.52. The Kier molecular flexibility index (Phi) is 9.16. The molecule has 1 aliphatic heterocycles. The fraction of sp³-hybridized carbons (Fsp3) is 0.632. The molecule has 1 saturated heterocycles. The quantitative estimate of drug-likeness (QED) is 0.738. The van der Waals surface area contributed by atoms with Gasteiger partial charge in [-0.05, 0) is 69.3 Å². The number of amides is 1. The van der Waals surface area contributed by atoms with Gasteiger partial charge in [0.15, 0.2) is 0 Å². The largest absolute Gasteiger partial charge is 0.493 e. The fourth-order valence-corrected chi connectivity index (χ4v) is 2.94. The second-order valence-corrected chi connectivity index (χ2v) is 6.72. The Balaban J connectivity index is 0.00000288. The summed E-state index contributed by atoms with van der Waals surface area (Å²) in [6.45, 7) is 8.98. The number of hydrogen-bond acceptors (Lipinski definition) is 3. The van der Waals surface area contributed by atoms with E-state index in [9.17, 15) is 4.79 Å². The second-order valence-electron chi connectivity index (χ2n) is 6.72. The van der Waals surface area contributed by atoms with Crippen LogP contribution in [0.4, 0.5) is 0 Å². The predicted octanol–water partition coefficient (Wildman–Crippen LogP) is 3.39. The van der Waals surface area contributed by atoms with Crippen molar-refractivity contribution in [3.8, 4) is 5.75 Å². The van der Waals surface area contributed by atoms with Crippen LogP contribution in [0.15, 0.2) is 18.2 Å². The minimum Gasteiger partial charge on any atom is -0.493 e. The summed E-state index contributed by atoms with van der Waals surface area (Å²) in [4.78, 5) is 12.0. The summed E-state index contributed by atoms with van der Waals surface area (Å²) in [5.74, 6) is 1.65. The number of hydrogen-bond donors (Lipinski definition) is 2. The van der Waals surface area contributed by atoms with Crippen LogP contribution >= 0.6 is 12.4 Å². The number of piperidine rings is 1. The van der Waals surface area contributed by atoms with Crippen molar-refractivity contribution in [2.45, 2.75) is 52.5 Å². The highest BCUT2D eigenvalue weighted by Crippen LogP contribution is 2.19. The molecule has 1 aliphatic rings. The van der Waals surface area contributed by atoms with Crippen molar-refractivity contribution in [3.63, 3.8) is 0 Å². The first-order chi connectivity index (χ1) is 11.1. The van der Waals surface area contributed by atoms with Crippen molar-refractivity contribution in [2.24, 2.45) is 5.92 Å². The van der Waals surface area contributed by atoms with Gasteiger partial charge in [-0.3, -0.25) is 4.79 Å². The van der Waals surface area contributed by atoms with Crippen molar-refractivity contribution < 1.29 is 9.53 Å². The number of aryl methyl sites for hydroxylation is 2. The third kappa shape index (κ3) is 6.70. The number of ether oxygens (including phenoxy) is 1. The van der Waals surface area contributed by atoms with Crippen LogP contribution in [-0.4, -0.2) is 31.6 Å². The molecule has 0 saturated carbocycles. The minimum atomic E-state index is 0. The van der Waals surface area contributed by atoms with E-state index in [4.69, 9.17) is 4.74 Å². The Bertz CT molecular complexity index is 522. The van der Waals surface area contributed by atoms with Gasteiger partial charge in [-0.1, -0.05) is 19.1 Å². The Labute approximate surface area is 152 Å². The maximum absolute atomic E-state index is 12.0. The van der Waals surface area contributed by atoms with Gasteiger partial charge < -0.3 is 15.4 Å². The molecule has 4 nitrogen and oxygen atoms in total. The third-order valence-electron chi connectivity index (χ3n) is 4.53. The number of unbranched alkanes of at least 4 members (excludes halogenated alkanes) is 1. The lowest BCUT2D eigenvalue weighted by Crippen LogP contribution is -2.48. The SMILES string of the molecule is Cc1ccc(C)c(OCCCCC(=O)NC2CCNCC2C)c1.Cl. The average molecular weight is 355 g/mol. The topological polar surface area (TPSA) is 50.4 Å². The zero-order chi connectivity index (χ0) is 16.7. The normalized spacial score (nSPS) is 20.1. The Morgan fingerprint density at radius 3 is 2.88 bits per heavy atom. The number of rotatable bonds is 7. The summed E-state index contributed by atoms with van der Waals surface area (Å²) in [6, 6.07) is 6.57. The van der Waals surface area contributed by atoms with Crippen molar-refractivity contribution >= 4 is 18.3 Å². The maximum Gasteiger partial charge on any atom is 0.220 e. The smallest absolute Gasteiger partial charge is 0.220 e. The highest BCUT2D eigenvalue weighted by atomic mass is 35.5. The lowest BCUT2D eigenvalue weighted by Gasteiger charge is -2.30. The molecule has 136 valence electrons. The molecule has 2 rings (SSSR count). The summed E-state index contributed by atoms with van der Waals surface area (Å²) in [7, 11) is 0. The van der Waals surface area contributed by atoms with Crippen LogP contribution in [0.5, 0.6) is 5.75 Å². The number of carbonyl (C=O) groups is 1. The lowest BCUT2D eigenvalue weighted by molar-refractivity contribution is -0.122. The van der Waals surface area contributed by atoms with Gasteiger partial charge in [0.05, 0.1) is 6.61 Å². The van der Waals surface area contributed by atoms with E-state index in [1.165, 1.54) is 5.56 Å². The molecule has 2 N–H and O–H groups in total. The van der Waals surface area contributed by atoms with Crippen molar-refractivity contribution in [3.05, 3.63) is 29.3 Å². The van der Waals surface area contributed by atoms with Gasteiger partial charge in [0, 0.05) is 12.5 Å². The van der Waals surface area contributed by atoms with E-state index in [0.29, 0.717) is 25.0 Å². The van der Waals surface area contributed by atoms with Crippen molar-refractivity contribution in [1.82, 2.24) is 10.6 Å². The van der Waals surface area contributed by atoms with Crippen LogP contribution < -0.4 is 15.4 Å². The number of nitrogens with one attached hydrogen (secondary N) is 2. The summed E-state index contributed by atoms with van der Waals surface area (Å²) in [5, 5.41) is 6.53. The zero-order valence-corrected chi connectivity index (χ0v) is 15.9. The highest BCUT2D eigenvalue weighted by molar-refractivity contribution is 5.85. The van der Waals surface area contributed by atoms with E-state index in [0.717, 1.165) is 43.7 Å². The molecule has 0 bridgehead atoms. The van der Waals surface area contributed by atoms with Crippen LogP contribution in [0.2, 0.25) is 0 Å². The highest BCUT2D eigenvalue weighted by Gasteiger charge is 2.22. The molecular formula is C19H31ClN2O2. The van der Waals surface area contributed by atoms with Crippen molar-refractivity contribution in [2.75, 3.05) is 19.7 Å². The van der Waals surface area contributed by atoms with E-state index in [1.807, 2.05) is 0 Å². The summed E-state index contributed by atoms with van der Waals surface area (Å²) in [6.07, 6.45) is 3.40. The molecule has 2 atom stereocenters. The van der Waals surface area contributed by atoms with E-state index in [-0.39, 0.29) is 18.3 Å². The van der Waals surface area contributed by atoms with Gasteiger partial charge >= 0.3 is 0 Å². The first-order valence-corrected chi connectivity index (χ1v) is 8.76. The standard InChI is InChI=1S/C19H30N2O2.ClH/c1-14-7-8-15(2)18(12-14)23-11-5-4-6-19(22)21-17-9-10-20-13-16(17)3;/h7-8,12,16-17,20H,4-6,9-11,13H2,1-3H3,(H,21,22);1H. The van der Waals surface area contributed by atoms with Gasteiger partial charge in [-0.2, -0.15) is 0 Å². The molecule has 1 aromatic rings. The van der Waals surface area contributed by atoms with Crippen LogP contribution in [0.3, 0.4) is 0 Å². The van der Waals surface area contributed by atoms with E-state index in [2.05, 4.69) is 49.6 Å².